The molecule has 3 aromatic rings. The molecule has 2 aromatic heterocycles. The van der Waals surface area contributed by atoms with Crippen molar-refractivity contribution in [2.45, 2.75) is 25.7 Å². The molecule has 0 aliphatic heterocycles. The van der Waals surface area contributed by atoms with Crippen molar-refractivity contribution in [1.82, 2.24) is 9.97 Å². The normalized spacial score (nSPS) is 14.0. The van der Waals surface area contributed by atoms with Crippen LogP contribution in [0, 0.1) is 0 Å². The Morgan fingerprint density at radius 3 is 2.72 bits per heavy atom. The second-order valence-corrected chi connectivity index (χ2v) is 7.55. The number of hydrazone groups is 1. The number of aromatic nitrogens is 2. The lowest BCUT2D eigenvalue weighted by Gasteiger charge is -2.12. The molecule has 128 valence electrons. The van der Waals surface area contributed by atoms with Gasteiger partial charge >= 0.3 is 0 Å². The van der Waals surface area contributed by atoms with E-state index in [2.05, 4.69) is 49.7 Å². The van der Waals surface area contributed by atoms with E-state index >= 15 is 0 Å². The van der Waals surface area contributed by atoms with Crippen LogP contribution in [0.4, 0.5) is 11.5 Å². The fraction of sp³-hybridized carbons (Fsp3) is 0.316. The van der Waals surface area contributed by atoms with Gasteiger partial charge in [0.25, 0.3) is 0 Å². The van der Waals surface area contributed by atoms with Gasteiger partial charge in [-0.1, -0.05) is 12.1 Å². The summed E-state index contributed by atoms with van der Waals surface area (Å²) in [6.45, 7) is 0. The second kappa shape index (κ2) is 6.80. The van der Waals surface area contributed by atoms with E-state index in [-0.39, 0.29) is 0 Å². The van der Waals surface area contributed by atoms with Crippen molar-refractivity contribution in [3.63, 3.8) is 0 Å². The third-order valence-electron chi connectivity index (χ3n) is 4.54. The van der Waals surface area contributed by atoms with Crippen LogP contribution < -0.4 is 10.3 Å². The van der Waals surface area contributed by atoms with Crippen LogP contribution in [0.25, 0.3) is 10.2 Å². The first kappa shape index (κ1) is 16.0. The van der Waals surface area contributed by atoms with Crippen molar-refractivity contribution < 1.29 is 0 Å². The van der Waals surface area contributed by atoms with Gasteiger partial charge in [0.05, 0.1) is 11.6 Å². The molecular weight excluding hydrogens is 330 g/mol. The predicted molar refractivity (Wildman–Crippen MR) is 106 cm³/mol. The molecule has 0 amide bonds. The summed E-state index contributed by atoms with van der Waals surface area (Å²) in [5.41, 5.74) is 6.77. The number of aryl methyl sites for hydroxylation is 2. The van der Waals surface area contributed by atoms with Crippen LogP contribution in [0.2, 0.25) is 0 Å². The van der Waals surface area contributed by atoms with Gasteiger partial charge in [-0.2, -0.15) is 5.10 Å². The molecule has 0 fully saturated rings. The van der Waals surface area contributed by atoms with Crippen molar-refractivity contribution in [2.24, 2.45) is 5.10 Å². The molecule has 25 heavy (non-hydrogen) atoms. The monoisotopic (exact) mass is 351 g/mol. The first-order valence-corrected chi connectivity index (χ1v) is 9.36. The highest BCUT2D eigenvalue weighted by Gasteiger charge is 2.19. The number of anilines is 2. The van der Waals surface area contributed by atoms with Crippen molar-refractivity contribution >= 4 is 39.3 Å². The fourth-order valence-electron chi connectivity index (χ4n) is 3.20. The highest BCUT2D eigenvalue weighted by atomic mass is 32.1. The molecule has 0 unspecified atom stereocenters. The van der Waals surface area contributed by atoms with Gasteiger partial charge in [0.2, 0.25) is 0 Å². The van der Waals surface area contributed by atoms with E-state index in [1.165, 1.54) is 29.0 Å². The van der Waals surface area contributed by atoms with Crippen LogP contribution in [-0.4, -0.2) is 30.3 Å². The summed E-state index contributed by atoms with van der Waals surface area (Å²) >= 11 is 1.80. The zero-order chi connectivity index (χ0) is 17.2. The van der Waals surface area contributed by atoms with Crippen LogP contribution in [0.5, 0.6) is 0 Å². The first-order valence-electron chi connectivity index (χ1n) is 8.54. The van der Waals surface area contributed by atoms with Gasteiger partial charge in [-0.15, -0.1) is 11.3 Å². The van der Waals surface area contributed by atoms with Crippen LogP contribution in [-0.2, 0) is 12.8 Å². The smallest absolute Gasteiger partial charge is 0.158 e. The summed E-state index contributed by atoms with van der Waals surface area (Å²) in [6.07, 6.45) is 8.25. The van der Waals surface area contributed by atoms with Crippen LogP contribution >= 0.6 is 11.3 Å². The van der Waals surface area contributed by atoms with Gasteiger partial charge in [0, 0.05) is 24.7 Å². The van der Waals surface area contributed by atoms with Gasteiger partial charge in [-0.25, -0.2) is 9.97 Å². The Balaban J connectivity index is 1.57. The molecule has 2 heterocycles. The van der Waals surface area contributed by atoms with Gasteiger partial charge in [-0.3, -0.25) is 5.43 Å². The Morgan fingerprint density at radius 1 is 1.12 bits per heavy atom. The largest absolute Gasteiger partial charge is 0.378 e. The zero-order valence-corrected chi connectivity index (χ0v) is 15.3. The molecule has 0 saturated carbocycles. The van der Waals surface area contributed by atoms with Crippen LogP contribution in [0.15, 0.2) is 35.7 Å². The maximum absolute atomic E-state index is 4.45. The molecule has 0 bridgehead atoms. The van der Waals surface area contributed by atoms with E-state index in [1.54, 1.807) is 17.7 Å². The average molecular weight is 351 g/mol. The Bertz CT molecular complexity index is 911. The van der Waals surface area contributed by atoms with Crippen LogP contribution in [0.1, 0.15) is 28.8 Å². The molecule has 0 spiro atoms. The van der Waals surface area contributed by atoms with E-state index in [9.17, 15) is 0 Å². The second-order valence-electron chi connectivity index (χ2n) is 6.47. The number of nitrogens with zero attached hydrogens (tertiary/aromatic N) is 4. The average Bonchev–Trinajstić information content (AvgIpc) is 3.01. The van der Waals surface area contributed by atoms with Gasteiger partial charge < -0.3 is 4.90 Å². The van der Waals surface area contributed by atoms with Gasteiger partial charge in [0.15, 0.2) is 5.82 Å². The zero-order valence-electron chi connectivity index (χ0n) is 14.5. The number of benzene rings is 1. The fourth-order valence-corrected chi connectivity index (χ4v) is 4.43. The number of fused-ring (bicyclic) bond motifs is 3. The quantitative estimate of drug-likeness (QED) is 0.568. The molecule has 1 aliphatic rings. The minimum absolute atomic E-state index is 0.811. The third kappa shape index (κ3) is 3.22. The lowest BCUT2D eigenvalue weighted by molar-refractivity contribution is 0.700. The predicted octanol–water partition coefficient (Wildman–Crippen LogP) is 4.08. The summed E-state index contributed by atoms with van der Waals surface area (Å²) < 4.78 is 0. The summed E-state index contributed by atoms with van der Waals surface area (Å²) in [4.78, 5) is 13.5. The Morgan fingerprint density at radius 2 is 1.92 bits per heavy atom. The van der Waals surface area contributed by atoms with E-state index in [4.69, 9.17) is 0 Å². The van der Waals surface area contributed by atoms with E-state index in [0.717, 1.165) is 34.4 Å². The number of nitrogens with one attached hydrogen (secondary N) is 1. The standard InChI is InChI=1S/C19H21N5S/c1-24(2)14-9-7-13(8-10-14)11-22-23-18-17-15-5-3-4-6-16(15)25-19(17)21-12-20-18/h7-12H,3-6H2,1-2H3,(H,20,21,23)/b22-11+. The summed E-state index contributed by atoms with van der Waals surface area (Å²) in [7, 11) is 4.07. The minimum atomic E-state index is 0.811. The molecule has 0 radical (unpaired) electrons. The summed E-state index contributed by atoms with van der Waals surface area (Å²) in [5.74, 6) is 0.811. The molecular formula is C19H21N5S. The van der Waals surface area contributed by atoms with Crippen molar-refractivity contribution in [2.75, 3.05) is 24.4 Å². The number of thiophene rings is 1. The number of hydrogen-bond acceptors (Lipinski definition) is 6. The van der Waals surface area contributed by atoms with E-state index in [0.29, 0.717) is 0 Å². The molecule has 4 rings (SSSR count). The van der Waals surface area contributed by atoms with Gasteiger partial charge in [-0.05, 0) is 48.9 Å². The van der Waals surface area contributed by atoms with E-state index in [1.807, 2.05) is 20.3 Å². The highest BCUT2D eigenvalue weighted by Crippen LogP contribution is 2.38. The molecule has 0 atom stereocenters. The maximum atomic E-state index is 4.45. The topological polar surface area (TPSA) is 53.4 Å². The Labute approximate surface area is 151 Å². The first-order chi connectivity index (χ1) is 12.2. The maximum Gasteiger partial charge on any atom is 0.158 e. The number of rotatable bonds is 4. The van der Waals surface area contributed by atoms with E-state index < -0.39 is 0 Å². The lowest BCUT2D eigenvalue weighted by Crippen LogP contribution is -2.08. The summed E-state index contributed by atoms with van der Waals surface area (Å²) in [5, 5.41) is 5.55. The molecule has 5 nitrogen and oxygen atoms in total. The molecule has 0 saturated heterocycles. The lowest BCUT2D eigenvalue weighted by atomic mass is 9.97. The van der Waals surface area contributed by atoms with Gasteiger partial charge in [0.1, 0.15) is 11.2 Å². The Kier molecular flexibility index (Phi) is 4.36. The van der Waals surface area contributed by atoms with Crippen LogP contribution in [0.3, 0.4) is 0 Å². The van der Waals surface area contributed by atoms with Crippen molar-refractivity contribution in [3.8, 4) is 0 Å². The highest BCUT2D eigenvalue weighted by molar-refractivity contribution is 7.19. The molecule has 1 aliphatic carbocycles. The molecule has 1 aromatic carbocycles. The number of hydrogen-bond donors (Lipinski definition) is 1. The molecule has 6 heteroatoms. The third-order valence-corrected chi connectivity index (χ3v) is 5.74. The summed E-state index contributed by atoms with van der Waals surface area (Å²) in [6, 6.07) is 8.28. The Hall–Kier alpha value is -2.47. The van der Waals surface area contributed by atoms with Crippen molar-refractivity contribution in [3.05, 3.63) is 46.6 Å². The minimum Gasteiger partial charge on any atom is -0.378 e. The van der Waals surface area contributed by atoms with Crippen molar-refractivity contribution in [1.29, 1.82) is 0 Å². The SMILES string of the molecule is CN(C)c1ccc(/C=N/Nc2ncnc3sc4c(c23)CCCC4)cc1. The molecule has 1 N–H and O–H groups in total.